The van der Waals surface area contributed by atoms with Crippen LogP contribution in [0.1, 0.15) is 16.2 Å². The molecule has 0 radical (unpaired) electrons. The van der Waals surface area contributed by atoms with Gasteiger partial charge in [-0.1, -0.05) is 6.07 Å². The van der Waals surface area contributed by atoms with Gasteiger partial charge in [-0.05, 0) is 12.1 Å². The van der Waals surface area contributed by atoms with E-state index in [0.717, 1.165) is 0 Å². The topological polar surface area (TPSA) is 90.8 Å². The molecule has 1 N–H and O–H groups in total. The fourth-order valence-electron chi connectivity index (χ4n) is 1.79. The van der Waals surface area contributed by atoms with E-state index in [1.54, 1.807) is 19.2 Å². The van der Waals surface area contributed by atoms with Gasteiger partial charge >= 0.3 is 5.97 Å². The van der Waals surface area contributed by atoms with Gasteiger partial charge in [0, 0.05) is 7.05 Å². The minimum atomic E-state index is -1.12. The number of carbonyl (C=O) groups is 3. The maximum atomic E-state index is 11.8. The Morgan fingerprint density at radius 1 is 1.32 bits per heavy atom. The summed E-state index contributed by atoms with van der Waals surface area (Å²) in [6.45, 7) is 0.172. The highest BCUT2D eigenvalue weighted by atomic mass is 16.4. The minimum Gasteiger partial charge on any atom is -0.477 e. The van der Waals surface area contributed by atoms with E-state index >= 15 is 0 Å². The van der Waals surface area contributed by atoms with Crippen LogP contribution in [-0.2, 0) is 16.1 Å². The van der Waals surface area contributed by atoms with Gasteiger partial charge in [0.05, 0.1) is 18.8 Å². The minimum absolute atomic E-state index is 0.00564. The average molecular weight is 263 g/mol. The maximum Gasteiger partial charge on any atom is 0.354 e. The summed E-state index contributed by atoms with van der Waals surface area (Å²) in [7, 11) is 1.57. The molecule has 1 aliphatic rings. The van der Waals surface area contributed by atoms with Gasteiger partial charge in [-0.2, -0.15) is 0 Å². The molecule has 7 nitrogen and oxygen atoms in total. The van der Waals surface area contributed by atoms with Crippen LogP contribution in [0, 0.1) is 0 Å². The molecule has 0 bridgehead atoms. The van der Waals surface area contributed by atoms with Crippen LogP contribution in [0.3, 0.4) is 0 Å². The number of nitrogens with zero attached hydrogens (tertiary/aromatic N) is 3. The monoisotopic (exact) mass is 263 g/mol. The first-order valence-corrected chi connectivity index (χ1v) is 5.68. The predicted molar refractivity (Wildman–Crippen MR) is 64.3 cm³/mol. The van der Waals surface area contributed by atoms with Crippen molar-refractivity contribution in [2.45, 2.75) is 6.54 Å². The standard InChI is InChI=1S/C12H13N3O4/c1-14-6-11(17)15(7-10(14)16)5-8-3-2-4-9(13-8)12(18)19/h2-4H,5-7H2,1H3,(H,18,19). The smallest absolute Gasteiger partial charge is 0.354 e. The Hall–Kier alpha value is -2.44. The Labute approximate surface area is 109 Å². The van der Waals surface area contributed by atoms with E-state index in [9.17, 15) is 14.4 Å². The first-order chi connectivity index (χ1) is 8.97. The molecule has 1 aromatic heterocycles. The van der Waals surface area contributed by atoms with Crippen molar-refractivity contribution in [2.24, 2.45) is 0 Å². The molecule has 1 saturated heterocycles. The zero-order valence-corrected chi connectivity index (χ0v) is 10.4. The van der Waals surface area contributed by atoms with Crippen LogP contribution in [0.15, 0.2) is 18.2 Å². The number of pyridine rings is 1. The van der Waals surface area contributed by atoms with E-state index in [0.29, 0.717) is 5.69 Å². The predicted octanol–water partition coefficient (Wildman–Crippen LogP) is -0.420. The molecule has 2 amide bonds. The molecule has 1 fully saturated rings. The SMILES string of the molecule is CN1CC(=O)N(Cc2cccc(C(=O)O)n2)CC1=O. The third-order valence-electron chi connectivity index (χ3n) is 2.86. The summed E-state index contributed by atoms with van der Waals surface area (Å²) < 4.78 is 0. The van der Waals surface area contributed by atoms with Gasteiger partial charge in [0.15, 0.2) is 0 Å². The van der Waals surface area contributed by atoms with Crippen LogP contribution in [0.4, 0.5) is 0 Å². The molecule has 0 saturated carbocycles. The van der Waals surface area contributed by atoms with Crippen LogP contribution < -0.4 is 0 Å². The normalized spacial score (nSPS) is 15.8. The number of hydrogen-bond acceptors (Lipinski definition) is 4. The number of carboxylic acids is 1. The summed E-state index contributed by atoms with van der Waals surface area (Å²) in [5, 5.41) is 8.84. The van der Waals surface area contributed by atoms with E-state index < -0.39 is 5.97 Å². The number of piperazine rings is 1. The second kappa shape index (κ2) is 5.05. The van der Waals surface area contributed by atoms with Crippen LogP contribution in [0.2, 0.25) is 0 Å². The van der Waals surface area contributed by atoms with Crippen molar-refractivity contribution < 1.29 is 19.5 Å². The van der Waals surface area contributed by atoms with Gasteiger partial charge in [-0.15, -0.1) is 0 Å². The van der Waals surface area contributed by atoms with Gasteiger partial charge in [0.1, 0.15) is 12.2 Å². The lowest BCUT2D eigenvalue weighted by Crippen LogP contribution is -2.51. The van der Waals surface area contributed by atoms with Crippen molar-refractivity contribution in [1.29, 1.82) is 0 Å². The van der Waals surface area contributed by atoms with Crippen molar-refractivity contribution >= 4 is 17.8 Å². The average Bonchev–Trinajstić information content (AvgIpc) is 2.36. The molecule has 0 unspecified atom stereocenters. The van der Waals surface area contributed by atoms with Crippen LogP contribution in [-0.4, -0.2) is 57.8 Å². The number of carboxylic acid groups (broad SMARTS) is 1. The number of hydrogen-bond donors (Lipinski definition) is 1. The van der Waals surface area contributed by atoms with Crippen LogP contribution in [0.5, 0.6) is 0 Å². The third kappa shape index (κ3) is 2.87. The molecular formula is C12H13N3O4. The molecule has 2 heterocycles. The van der Waals surface area contributed by atoms with Gasteiger partial charge in [-0.3, -0.25) is 9.59 Å². The zero-order chi connectivity index (χ0) is 14.0. The van der Waals surface area contributed by atoms with E-state index in [-0.39, 0.29) is 37.1 Å². The fraction of sp³-hybridized carbons (Fsp3) is 0.333. The molecule has 0 aliphatic carbocycles. The van der Waals surface area contributed by atoms with Crippen molar-refractivity contribution in [2.75, 3.05) is 20.1 Å². The number of likely N-dealkylation sites (N-methyl/N-ethyl adjacent to an activating group) is 1. The van der Waals surface area contributed by atoms with Crippen molar-refractivity contribution in [3.8, 4) is 0 Å². The van der Waals surface area contributed by atoms with Gasteiger partial charge in [0.2, 0.25) is 11.8 Å². The van der Waals surface area contributed by atoms with E-state index in [1.165, 1.54) is 15.9 Å². The maximum absolute atomic E-state index is 11.8. The van der Waals surface area contributed by atoms with E-state index in [1.807, 2.05) is 0 Å². The Morgan fingerprint density at radius 2 is 2.05 bits per heavy atom. The summed E-state index contributed by atoms with van der Waals surface area (Å²) in [5.74, 6) is -1.44. The lowest BCUT2D eigenvalue weighted by Gasteiger charge is -2.31. The summed E-state index contributed by atoms with van der Waals surface area (Å²) >= 11 is 0. The molecule has 0 aromatic carbocycles. The fourth-order valence-corrected chi connectivity index (χ4v) is 1.79. The molecule has 0 spiro atoms. The highest BCUT2D eigenvalue weighted by molar-refractivity contribution is 5.92. The Kier molecular flexibility index (Phi) is 3.46. The largest absolute Gasteiger partial charge is 0.477 e. The molecule has 1 aliphatic heterocycles. The summed E-state index contributed by atoms with van der Waals surface area (Å²) in [6.07, 6.45) is 0. The van der Waals surface area contributed by atoms with Crippen molar-refractivity contribution in [3.05, 3.63) is 29.6 Å². The van der Waals surface area contributed by atoms with E-state index in [4.69, 9.17) is 5.11 Å². The number of aromatic nitrogens is 1. The highest BCUT2D eigenvalue weighted by Crippen LogP contribution is 2.08. The number of rotatable bonds is 3. The zero-order valence-electron chi connectivity index (χ0n) is 10.4. The number of amides is 2. The van der Waals surface area contributed by atoms with Crippen LogP contribution >= 0.6 is 0 Å². The first kappa shape index (κ1) is 13.0. The Morgan fingerprint density at radius 3 is 2.74 bits per heavy atom. The second-order valence-corrected chi connectivity index (χ2v) is 4.32. The molecule has 19 heavy (non-hydrogen) atoms. The Balaban J connectivity index is 2.12. The molecule has 2 rings (SSSR count). The van der Waals surface area contributed by atoms with Gasteiger partial charge < -0.3 is 14.9 Å². The lowest BCUT2D eigenvalue weighted by molar-refractivity contribution is -0.149. The van der Waals surface area contributed by atoms with Crippen molar-refractivity contribution in [1.82, 2.24) is 14.8 Å². The summed E-state index contributed by atoms with van der Waals surface area (Å²) in [6, 6.07) is 4.57. The molecular weight excluding hydrogens is 250 g/mol. The third-order valence-corrected chi connectivity index (χ3v) is 2.86. The highest BCUT2D eigenvalue weighted by Gasteiger charge is 2.27. The number of carbonyl (C=O) groups excluding carboxylic acids is 2. The summed E-state index contributed by atoms with van der Waals surface area (Å²) in [4.78, 5) is 40.8. The molecule has 100 valence electrons. The molecule has 1 aromatic rings. The quantitative estimate of drug-likeness (QED) is 0.799. The lowest BCUT2D eigenvalue weighted by atomic mass is 10.2. The molecule has 7 heteroatoms. The first-order valence-electron chi connectivity index (χ1n) is 5.68. The van der Waals surface area contributed by atoms with Crippen molar-refractivity contribution in [3.63, 3.8) is 0 Å². The van der Waals surface area contributed by atoms with E-state index in [2.05, 4.69) is 4.98 Å². The summed E-state index contributed by atoms with van der Waals surface area (Å²) in [5.41, 5.74) is 0.371. The van der Waals surface area contributed by atoms with Gasteiger partial charge in [-0.25, -0.2) is 9.78 Å². The van der Waals surface area contributed by atoms with Gasteiger partial charge in [0.25, 0.3) is 0 Å². The molecule has 0 atom stereocenters. The second-order valence-electron chi connectivity index (χ2n) is 4.32. The number of aromatic carboxylic acids is 1. The Bertz CT molecular complexity index is 544. The van der Waals surface area contributed by atoms with Crippen LogP contribution in [0.25, 0.3) is 0 Å².